The maximum Gasteiger partial charge on any atom is 0.333 e. The quantitative estimate of drug-likeness (QED) is 0.639. The number of para-hydroxylation sites is 1. The van der Waals surface area contributed by atoms with Gasteiger partial charge in [-0.25, -0.2) is 0 Å². The van der Waals surface area contributed by atoms with Gasteiger partial charge in [0.25, 0.3) is 0 Å². The summed E-state index contributed by atoms with van der Waals surface area (Å²) < 4.78 is 5.05. The molecule has 1 aromatic carbocycles. The predicted molar refractivity (Wildman–Crippen MR) is 78.5 cm³/mol. The molecule has 0 spiro atoms. The SMILES string of the molecule is CNC(=O)[C@H]1CCC[C@H]1Nc1cccc(OC)c1[N+](=O)[O-]. The van der Waals surface area contributed by atoms with Crippen molar-refractivity contribution >= 4 is 17.3 Å². The van der Waals surface area contributed by atoms with Crippen molar-refractivity contribution in [3.8, 4) is 5.75 Å². The third-order valence-corrected chi connectivity index (χ3v) is 3.84. The summed E-state index contributed by atoms with van der Waals surface area (Å²) in [6, 6.07) is 4.78. The van der Waals surface area contributed by atoms with Gasteiger partial charge in [-0.1, -0.05) is 12.5 Å². The fourth-order valence-corrected chi connectivity index (χ4v) is 2.82. The molecule has 1 aliphatic rings. The number of amides is 1. The Kier molecular flexibility index (Phi) is 4.62. The Morgan fingerprint density at radius 1 is 1.43 bits per heavy atom. The number of benzene rings is 1. The molecule has 0 unspecified atom stereocenters. The first kappa shape index (κ1) is 15.1. The maximum absolute atomic E-state index is 11.8. The third-order valence-electron chi connectivity index (χ3n) is 3.84. The summed E-state index contributed by atoms with van der Waals surface area (Å²) in [7, 11) is 3.00. The van der Waals surface area contributed by atoms with E-state index in [1.807, 2.05) is 0 Å². The zero-order chi connectivity index (χ0) is 15.4. The first-order valence-electron chi connectivity index (χ1n) is 6.88. The first-order valence-corrected chi connectivity index (χ1v) is 6.88. The molecule has 21 heavy (non-hydrogen) atoms. The van der Waals surface area contributed by atoms with Crippen molar-refractivity contribution in [1.29, 1.82) is 0 Å². The third kappa shape index (κ3) is 3.07. The Bertz CT molecular complexity index is 547. The van der Waals surface area contributed by atoms with Gasteiger partial charge in [0.1, 0.15) is 5.69 Å². The number of ether oxygens (including phenoxy) is 1. The summed E-state index contributed by atoms with van der Waals surface area (Å²) >= 11 is 0. The van der Waals surface area contributed by atoms with Crippen LogP contribution in [0.2, 0.25) is 0 Å². The number of nitro groups is 1. The number of nitrogens with one attached hydrogen (secondary N) is 2. The smallest absolute Gasteiger partial charge is 0.333 e. The molecule has 0 radical (unpaired) electrons. The normalized spacial score (nSPS) is 20.9. The summed E-state index contributed by atoms with van der Waals surface area (Å²) in [5.74, 6) is 0.0100. The van der Waals surface area contributed by atoms with Gasteiger partial charge in [-0.3, -0.25) is 14.9 Å². The molecule has 1 amide bonds. The Morgan fingerprint density at radius 3 is 2.81 bits per heavy atom. The average molecular weight is 293 g/mol. The minimum absolute atomic E-state index is 0.0319. The second-order valence-electron chi connectivity index (χ2n) is 5.02. The second kappa shape index (κ2) is 6.43. The van der Waals surface area contributed by atoms with Gasteiger partial charge in [-0.15, -0.1) is 0 Å². The second-order valence-corrected chi connectivity index (χ2v) is 5.02. The highest BCUT2D eigenvalue weighted by molar-refractivity contribution is 5.80. The highest BCUT2D eigenvalue weighted by Crippen LogP contribution is 2.37. The van der Waals surface area contributed by atoms with E-state index < -0.39 is 4.92 Å². The van der Waals surface area contributed by atoms with Crippen molar-refractivity contribution in [2.75, 3.05) is 19.5 Å². The van der Waals surface area contributed by atoms with Crippen molar-refractivity contribution in [3.05, 3.63) is 28.3 Å². The Labute approximate surface area is 122 Å². The van der Waals surface area contributed by atoms with E-state index in [0.717, 1.165) is 19.3 Å². The van der Waals surface area contributed by atoms with Crippen LogP contribution in [-0.4, -0.2) is 31.0 Å². The molecular weight excluding hydrogens is 274 g/mol. The number of carbonyl (C=O) groups excluding carboxylic acids is 1. The molecular formula is C14H19N3O4. The number of methoxy groups -OCH3 is 1. The van der Waals surface area contributed by atoms with Crippen LogP contribution in [0.25, 0.3) is 0 Å². The van der Waals surface area contributed by atoms with Gasteiger partial charge in [0.15, 0.2) is 5.75 Å². The zero-order valence-corrected chi connectivity index (χ0v) is 12.1. The average Bonchev–Trinajstić information content (AvgIpc) is 2.94. The van der Waals surface area contributed by atoms with Crippen molar-refractivity contribution in [1.82, 2.24) is 5.32 Å². The number of anilines is 1. The van der Waals surface area contributed by atoms with E-state index in [-0.39, 0.29) is 29.3 Å². The largest absolute Gasteiger partial charge is 0.490 e. The van der Waals surface area contributed by atoms with E-state index in [1.165, 1.54) is 7.11 Å². The summed E-state index contributed by atoms with van der Waals surface area (Å²) in [6.45, 7) is 0. The van der Waals surface area contributed by atoms with Gasteiger partial charge in [0.05, 0.1) is 18.0 Å². The Balaban J connectivity index is 2.27. The molecule has 1 saturated carbocycles. The van der Waals surface area contributed by atoms with Crippen LogP contribution < -0.4 is 15.4 Å². The number of nitro benzene ring substituents is 1. The Morgan fingerprint density at radius 2 is 2.19 bits per heavy atom. The minimum Gasteiger partial charge on any atom is -0.490 e. The van der Waals surface area contributed by atoms with Crippen LogP contribution in [0, 0.1) is 16.0 Å². The summed E-state index contributed by atoms with van der Waals surface area (Å²) in [5.41, 5.74) is 0.294. The lowest BCUT2D eigenvalue weighted by molar-refractivity contribution is -0.384. The molecule has 7 heteroatoms. The molecule has 0 aromatic heterocycles. The van der Waals surface area contributed by atoms with E-state index in [2.05, 4.69) is 10.6 Å². The fourth-order valence-electron chi connectivity index (χ4n) is 2.82. The van der Waals surface area contributed by atoms with Crippen LogP contribution in [0.4, 0.5) is 11.4 Å². The van der Waals surface area contributed by atoms with Crippen molar-refractivity contribution in [2.24, 2.45) is 5.92 Å². The molecule has 1 fully saturated rings. The molecule has 0 heterocycles. The summed E-state index contributed by atoms with van der Waals surface area (Å²) in [5, 5.41) is 17.0. The van der Waals surface area contributed by atoms with Crippen LogP contribution in [-0.2, 0) is 4.79 Å². The van der Waals surface area contributed by atoms with Crippen LogP contribution in [0.5, 0.6) is 5.75 Å². The standard InChI is InChI=1S/C14H19N3O4/c1-15-14(18)9-5-3-6-10(9)16-11-7-4-8-12(21-2)13(11)17(19)20/h4,7-10,16H,3,5-6H2,1-2H3,(H,15,18)/t9-,10+/m0/s1. The number of hydrogen-bond donors (Lipinski definition) is 2. The molecule has 2 rings (SSSR count). The van der Waals surface area contributed by atoms with Gasteiger partial charge in [0, 0.05) is 13.1 Å². The van der Waals surface area contributed by atoms with Crippen LogP contribution >= 0.6 is 0 Å². The lowest BCUT2D eigenvalue weighted by atomic mass is 10.0. The maximum atomic E-state index is 11.8. The fraction of sp³-hybridized carbons (Fsp3) is 0.500. The monoisotopic (exact) mass is 293 g/mol. The van der Waals surface area contributed by atoms with E-state index in [4.69, 9.17) is 4.74 Å². The molecule has 0 saturated heterocycles. The van der Waals surface area contributed by atoms with Crippen molar-refractivity contribution < 1.29 is 14.5 Å². The van der Waals surface area contributed by atoms with E-state index in [0.29, 0.717) is 5.69 Å². The summed E-state index contributed by atoms with van der Waals surface area (Å²) in [6.07, 6.45) is 2.52. The van der Waals surface area contributed by atoms with Crippen LogP contribution in [0.1, 0.15) is 19.3 Å². The van der Waals surface area contributed by atoms with Crippen LogP contribution in [0.3, 0.4) is 0 Å². The van der Waals surface area contributed by atoms with Crippen LogP contribution in [0.15, 0.2) is 18.2 Å². The lowest BCUT2D eigenvalue weighted by Gasteiger charge is -2.21. The molecule has 7 nitrogen and oxygen atoms in total. The van der Waals surface area contributed by atoms with Gasteiger partial charge in [-0.05, 0) is 25.0 Å². The highest BCUT2D eigenvalue weighted by atomic mass is 16.6. The number of nitrogens with zero attached hydrogens (tertiary/aromatic N) is 1. The molecule has 2 N–H and O–H groups in total. The van der Waals surface area contributed by atoms with Gasteiger partial charge < -0.3 is 15.4 Å². The minimum atomic E-state index is -0.467. The Hall–Kier alpha value is -2.31. The topological polar surface area (TPSA) is 93.5 Å². The number of rotatable bonds is 5. The summed E-state index contributed by atoms with van der Waals surface area (Å²) in [4.78, 5) is 22.6. The highest BCUT2D eigenvalue weighted by Gasteiger charge is 2.34. The predicted octanol–water partition coefficient (Wildman–Crippen LogP) is 1.93. The lowest BCUT2D eigenvalue weighted by Crippen LogP contribution is -2.36. The zero-order valence-electron chi connectivity index (χ0n) is 12.1. The number of carbonyl (C=O) groups is 1. The van der Waals surface area contributed by atoms with Gasteiger partial charge >= 0.3 is 5.69 Å². The van der Waals surface area contributed by atoms with Gasteiger partial charge in [0.2, 0.25) is 5.91 Å². The van der Waals surface area contributed by atoms with E-state index in [1.54, 1.807) is 25.2 Å². The molecule has 1 aliphatic carbocycles. The van der Waals surface area contributed by atoms with Crippen molar-refractivity contribution in [3.63, 3.8) is 0 Å². The molecule has 1 aromatic rings. The molecule has 114 valence electrons. The van der Waals surface area contributed by atoms with Crippen molar-refractivity contribution in [2.45, 2.75) is 25.3 Å². The molecule has 0 aliphatic heterocycles. The van der Waals surface area contributed by atoms with E-state index in [9.17, 15) is 14.9 Å². The molecule has 0 bridgehead atoms. The first-order chi connectivity index (χ1) is 10.1. The number of hydrogen-bond acceptors (Lipinski definition) is 5. The molecule has 2 atom stereocenters. The van der Waals surface area contributed by atoms with E-state index >= 15 is 0 Å². The van der Waals surface area contributed by atoms with Gasteiger partial charge in [-0.2, -0.15) is 0 Å².